The van der Waals surface area contributed by atoms with Gasteiger partial charge in [0.1, 0.15) is 12.4 Å². The Morgan fingerprint density at radius 2 is 1.78 bits per heavy atom. The van der Waals surface area contributed by atoms with Crippen LogP contribution in [0.3, 0.4) is 0 Å². The van der Waals surface area contributed by atoms with Crippen molar-refractivity contribution in [2.45, 2.75) is 65.4 Å². The highest BCUT2D eigenvalue weighted by atomic mass is 32.1. The quantitative estimate of drug-likeness (QED) is 0.451. The first kappa shape index (κ1) is 26.4. The van der Waals surface area contributed by atoms with E-state index in [0.717, 1.165) is 41.4 Å². The van der Waals surface area contributed by atoms with E-state index in [4.69, 9.17) is 9.47 Å². The van der Waals surface area contributed by atoms with Gasteiger partial charge in [-0.2, -0.15) is 0 Å². The van der Waals surface area contributed by atoms with E-state index < -0.39 is 5.97 Å². The van der Waals surface area contributed by atoms with Crippen LogP contribution >= 0.6 is 11.3 Å². The number of carbonyl (C=O) groups excluding carboxylic acids is 2. The first-order chi connectivity index (χ1) is 17.2. The summed E-state index contributed by atoms with van der Waals surface area (Å²) in [6.45, 7) is 14.2. The molecule has 194 valence electrons. The molecule has 1 fully saturated rings. The maximum Gasteiger partial charge on any atom is 0.340 e. The van der Waals surface area contributed by atoms with E-state index in [1.165, 1.54) is 19.3 Å². The average Bonchev–Trinajstić information content (AvgIpc) is 3.18. The lowest BCUT2D eigenvalue weighted by Crippen LogP contribution is -2.36. The molecule has 0 unspecified atom stereocenters. The van der Waals surface area contributed by atoms with Gasteiger partial charge < -0.3 is 14.4 Å². The topological polar surface area (TPSA) is 59.1 Å². The number of hydrogen-bond donors (Lipinski definition) is 0. The van der Waals surface area contributed by atoms with Crippen LogP contribution < -0.4 is 4.74 Å². The van der Waals surface area contributed by atoms with Gasteiger partial charge >= 0.3 is 5.97 Å². The average molecular weight is 511 g/mol. The summed E-state index contributed by atoms with van der Waals surface area (Å²) in [5.74, 6) is 0.209. The molecule has 0 N–H and O–H groups in total. The molecule has 7 heteroatoms. The van der Waals surface area contributed by atoms with Crippen LogP contribution in [0, 0.1) is 6.92 Å². The van der Waals surface area contributed by atoms with Crippen LogP contribution in [-0.2, 0) is 14.9 Å². The Balaban J connectivity index is 1.52. The molecule has 4 rings (SSSR count). The molecule has 1 amide bonds. The SMILES string of the molecule is Cc1csc2c1C(C(=O)OC(C)C)=CN(C(=O)c1ccc(OCCN3CCCCC3)cc1)CC2(C)C. The molecule has 3 heterocycles. The van der Waals surface area contributed by atoms with Gasteiger partial charge in [-0.05, 0) is 81.9 Å². The first-order valence-corrected chi connectivity index (χ1v) is 13.8. The second kappa shape index (κ2) is 11.2. The van der Waals surface area contributed by atoms with Crippen LogP contribution in [0.5, 0.6) is 5.75 Å². The van der Waals surface area contributed by atoms with Crippen LogP contribution in [-0.4, -0.2) is 60.6 Å². The summed E-state index contributed by atoms with van der Waals surface area (Å²) >= 11 is 1.64. The molecule has 1 saturated heterocycles. The van der Waals surface area contributed by atoms with E-state index in [2.05, 4.69) is 24.1 Å². The monoisotopic (exact) mass is 510 g/mol. The Morgan fingerprint density at radius 3 is 2.44 bits per heavy atom. The predicted molar refractivity (Wildman–Crippen MR) is 145 cm³/mol. The Bertz CT molecular complexity index is 1110. The van der Waals surface area contributed by atoms with Gasteiger partial charge in [0.25, 0.3) is 5.91 Å². The molecule has 0 bridgehead atoms. The van der Waals surface area contributed by atoms with E-state index in [1.54, 1.807) is 34.6 Å². The molecular weight excluding hydrogens is 472 g/mol. The molecule has 0 atom stereocenters. The number of esters is 1. The van der Waals surface area contributed by atoms with Gasteiger partial charge in [-0.3, -0.25) is 9.69 Å². The molecule has 1 aromatic heterocycles. The first-order valence-electron chi connectivity index (χ1n) is 12.9. The van der Waals surface area contributed by atoms with Crippen LogP contribution in [0.1, 0.15) is 73.3 Å². The van der Waals surface area contributed by atoms with Crippen LogP contribution in [0.15, 0.2) is 35.8 Å². The lowest BCUT2D eigenvalue weighted by atomic mass is 9.86. The zero-order chi connectivity index (χ0) is 25.9. The zero-order valence-electron chi connectivity index (χ0n) is 22.1. The maximum absolute atomic E-state index is 13.6. The van der Waals surface area contributed by atoms with Gasteiger partial charge in [0.05, 0.1) is 11.7 Å². The number of ether oxygens (including phenoxy) is 2. The molecule has 6 nitrogen and oxygen atoms in total. The summed E-state index contributed by atoms with van der Waals surface area (Å²) in [5.41, 5.74) is 2.59. The highest BCUT2D eigenvalue weighted by Gasteiger charge is 2.37. The van der Waals surface area contributed by atoms with Crippen molar-refractivity contribution in [3.63, 3.8) is 0 Å². The van der Waals surface area contributed by atoms with E-state index in [-0.39, 0.29) is 17.4 Å². The summed E-state index contributed by atoms with van der Waals surface area (Å²) in [5, 5.41) is 2.07. The number of fused-ring (bicyclic) bond motifs is 1. The molecule has 2 aliphatic heterocycles. The lowest BCUT2D eigenvalue weighted by molar-refractivity contribution is -0.140. The largest absolute Gasteiger partial charge is 0.492 e. The maximum atomic E-state index is 13.6. The van der Waals surface area contributed by atoms with E-state index in [1.807, 2.05) is 32.9 Å². The molecule has 1 aromatic carbocycles. The smallest absolute Gasteiger partial charge is 0.340 e. The van der Waals surface area contributed by atoms with Crippen molar-refractivity contribution in [1.82, 2.24) is 9.80 Å². The standard InChI is InChI=1S/C29H38N2O4S/c1-20(2)35-28(33)24-17-31(19-29(4,5)26-25(24)21(3)18-36-26)27(32)22-9-11-23(12-10-22)34-16-15-30-13-7-6-8-14-30/h9-12,17-18,20H,6-8,13-16,19H2,1-5H3. The van der Waals surface area contributed by atoms with E-state index in [9.17, 15) is 9.59 Å². The summed E-state index contributed by atoms with van der Waals surface area (Å²) in [6, 6.07) is 7.31. The fourth-order valence-corrected chi connectivity index (χ4v) is 6.12. The molecule has 0 saturated carbocycles. The number of rotatable bonds is 7. The normalized spacial score (nSPS) is 17.8. The summed E-state index contributed by atoms with van der Waals surface area (Å²) in [6.07, 6.45) is 5.29. The summed E-state index contributed by atoms with van der Waals surface area (Å²) < 4.78 is 11.5. The van der Waals surface area contributed by atoms with Crippen molar-refractivity contribution >= 4 is 28.8 Å². The molecule has 0 aliphatic carbocycles. The minimum Gasteiger partial charge on any atom is -0.492 e. The van der Waals surface area contributed by atoms with Gasteiger partial charge in [-0.15, -0.1) is 11.3 Å². The Hall–Kier alpha value is -2.64. The van der Waals surface area contributed by atoms with Crippen molar-refractivity contribution in [3.8, 4) is 5.75 Å². The number of likely N-dealkylation sites (tertiary alicyclic amines) is 1. The summed E-state index contributed by atoms with van der Waals surface area (Å²) in [4.78, 5) is 31.9. The third-order valence-corrected chi connectivity index (χ3v) is 8.22. The molecular formula is C29H38N2O4S. The molecule has 2 aliphatic rings. The van der Waals surface area contributed by atoms with E-state index >= 15 is 0 Å². The number of benzene rings is 1. The third-order valence-electron chi connectivity index (χ3n) is 6.76. The predicted octanol–water partition coefficient (Wildman–Crippen LogP) is 5.65. The summed E-state index contributed by atoms with van der Waals surface area (Å²) in [7, 11) is 0. The Morgan fingerprint density at radius 1 is 1.08 bits per heavy atom. The highest BCUT2D eigenvalue weighted by Crippen LogP contribution is 2.41. The molecule has 2 aromatic rings. The van der Waals surface area contributed by atoms with Crippen molar-refractivity contribution < 1.29 is 19.1 Å². The number of thiophene rings is 1. The number of carbonyl (C=O) groups is 2. The van der Waals surface area contributed by atoms with Gasteiger partial charge in [-0.1, -0.05) is 20.3 Å². The Kier molecular flexibility index (Phi) is 8.20. The number of aryl methyl sites for hydroxylation is 1. The second-order valence-corrected chi connectivity index (χ2v) is 11.6. The fraction of sp³-hybridized carbons (Fsp3) is 0.517. The van der Waals surface area contributed by atoms with Crippen LogP contribution in [0.25, 0.3) is 5.57 Å². The van der Waals surface area contributed by atoms with Gasteiger partial charge in [0, 0.05) is 40.7 Å². The highest BCUT2D eigenvalue weighted by molar-refractivity contribution is 7.10. The number of piperidine rings is 1. The molecule has 36 heavy (non-hydrogen) atoms. The van der Waals surface area contributed by atoms with Crippen molar-refractivity contribution in [3.05, 3.63) is 57.4 Å². The third kappa shape index (κ3) is 6.01. The van der Waals surface area contributed by atoms with Crippen LogP contribution in [0.4, 0.5) is 0 Å². The van der Waals surface area contributed by atoms with Crippen molar-refractivity contribution in [1.29, 1.82) is 0 Å². The molecule has 0 radical (unpaired) electrons. The van der Waals surface area contributed by atoms with Gasteiger partial charge in [0.2, 0.25) is 0 Å². The minimum atomic E-state index is -0.402. The van der Waals surface area contributed by atoms with E-state index in [0.29, 0.717) is 24.3 Å². The molecule has 0 spiro atoms. The van der Waals surface area contributed by atoms with Gasteiger partial charge in [0.15, 0.2) is 0 Å². The van der Waals surface area contributed by atoms with Gasteiger partial charge in [-0.25, -0.2) is 4.79 Å². The lowest BCUT2D eigenvalue weighted by Gasteiger charge is -2.29. The number of nitrogens with zero attached hydrogens (tertiary/aromatic N) is 2. The second-order valence-electron chi connectivity index (χ2n) is 10.7. The van der Waals surface area contributed by atoms with Crippen LogP contribution in [0.2, 0.25) is 0 Å². The van der Waals surface area contributed by atoms with Crippen molar-refractivity contribution in [2.75, 3.05) is 32.8 Å². The van der Waals surface area contributed by atoms with Crippen molar-refractivity contribution in [2.24, 2.45) is 0 Å². The minimum absolute atomic E-state index is 0.148. The number of hydrogen-bond acceptors (Lipinski definition) is 6. The fourth-order valence-electron chi connectivity index (χ4n) is 4.94. The Labute approximate surface area is 218 Å². The number of amides is 1. The zero-order valence-corrected chi connectivity index (χ0v) is 23.0.